The fourth-order valence-corrected chi connectivity index (χ4v) is 3.08. The van der Waals surface area contributed by atoms with E-state index in [1.54, 1.807) is 13.8 Å². The highest BCUT2D eigenvalue weighted by Crippen LogP contribution is 2.22. The molecule has 130 valence electrons. The zero-order valence-corrected chi connectivity index (χ0v) is 15.1. The Labute approximate surface area is 153 Å². The van der Waals surface area contributed by atoms with Gasteiger partial charge in [0.25, 0.3) is 0 Å². The lowest BCUT2D eigenvalue weighted by atomic mass is 10.3. The van der Waals surface area contributed by atoms with Crippen LogP contribution in [0.3, 0.4) is 0 Å². The lowest BCUT2D eigenvalue weighted by Crippen LogP contribution is -2.47. The van der Waals surface area contributed by atoms with Crippen LogP contribution in [-0.4, -0.2) is 13.7 Å². The average Bonchev–Trinajstić information content (AvgIpc) is 3.19. The standard InChI is InChI=1S/C14H10N8O2S2/c1-6-8(5-15)13(25-21-6)19-17-9-3-4-10(23)11(12(9)24)18-20-14-16-7(2)22-26-14/h3-4,19H,1-2H3,(H,16,20,22). The van der Waals surface area contributed by atoms with E-state index in [2.05, 4.69) is 34.8 Å². The number of hydrogen-bond donors (Lipinski definition) is 2. The maximum absolute atomic E-state index is 12.4. The molecule has 3 aromatic rings. The van der Waals surface area contributed by atoms with Crippen molar-refractivity contribution in [2.75, 3.05) is 10.9 Å². The summed E-state index contributed by atoms with van der Waals surface area (Å²) in [6, 6.07) is 4.49. The highest BCUT2D eigenvalue weighted by molar-refractivity contribution is 7.10. The van der Waals surface area contributed by atoms with Crippen LogP contribution in [0.2, 0.25) is 0 Å². The molecule has 10 nitrogen and oxygen atoms in total. The summed E-state index contributed by atoms with van der Waals surface area (Å²) >= 11 is 2.11. The molecule has 2 N–H and O–H groups in total. The molecule has 0 radical (unpaired) electrons. The van der Waals surface area contributed by atoms with Gasteiger partial charge in [0.05, 0.1) is 5.69 Å². The van der Waals surface area contributed by atoms with Crippen molar-refractivity contribution >= 4 is 33.2 Å². The molecule has 0 fully saturated rings. The first-order chi connectivity index (χ1) is 12.5. The molecule has 0 bridgehead atoms. The highest BCUT2D eigenvalue weighted by atomic mass is 32.1. The van der Waals surface area contributed by atoms with Crippen LogP contribution >= 0.6 is 23.1 Å². The van der Waals surface area contributed by atoms with E-state index in [0.717, 1.165) is 23.1 Å². The maximum atomic E-state index is 12.4. The summed E-state index contributed by atoms with van der Waals surface area (Å²) in [4.78, 5) is 28.4. The number of benzene rings is 1. The predicted molar refractivity (Wildman–Crippen MR) is 95.9 cm³/mol. The zero-order valence-electron chi connectivity index (χ0n) is 13.5. The van der Waals surface area contributed by atoms with Crippen molar-refractivity contribution in [1.82, 2.24) is 13.7 Å². The minimum Gasteiger partial charge on any atom is -0.287 e. The van der Waals surface area contributed by atoms with Gasteiger partial charge in [-0.25, -0.2) is 4.98 Å². The molecule has 0 atom stereocenters. The second-order valence-electron chi connectivity index (χ2n) is 4.94. The Morgan fingerprint density at radius 3 is 2.62 bits per heavy atom. The Hall–Kier alpha value is -3.30. The summed E-state index contributed by atoms with van der Waals surface area (Å²) in [5, 5.41) is 17.3. The number of nitriles is 1. The summed E-state index contributed by atoms with van der Waals surface area (Å²) in [5.41, 5.74) is 4.90. The fraction of sp³-hybridized carbons (Fsp3) is 0.143. The molecule has 2 heterocycles. The molecule has 0 saturated carbocycles. The molecular weight excluding hydrogens is 376 g/mol. The molecule has 26 heavy (non-hydrogen) atoms. The van der Waals surface area contributed by atoms with Gasteiger partial charge in [-0.3, -0.25) is 20.4 Å². The van der Waals surface area contributed by atoms with Crippen LogP contribution in [0.15, 0.2) is 31.9 Å². The monoisotopic (exact) mass is 386 g/mol. The number of nitrogens with zero attached hydrogens (tertiary/aromatic N) is 6. The van der Waals surface area contributed by atoms with Crippen LogP contribution in [0.25, 0.3) is 0 Å². The van der Waals surface area contributed by atoms with E-state index in [9.17, 15) is 9.59 Å². The summed E-state index contributed by atoms with van der Waals surface area (Å²) in [7, 11) is 0. The molecule has 12 heteroatoms. The van der Waals surface area contributed by atoms with Crippen molar-refractivity contribution in [1.29, 1.82) is 5.26 Å². The molecule has 2 aromatic heterocycles. The predicted octanol–water partition coefficient (Wildman–Crippen LogP) is -0.0653. The SMILES string of the molecule is Cc1nsc(NN=c2c(=O)ccc(=NNc3snc(C)c3C#N)c2=O)n1. The third-order valence-electron chi connectivity index (χ3n) is 3.12. The normalized spacial score (nSPS) is 12.2. The smallest absolute Gasteiger partial charge is 0.237 e. The average molecular weight is 386 g/mol. The van der Waals surface area contributed by atoms with Crippen molar-refractivity contribution in [2.24, 2.45) is 10.2 Å². The summed E-state index contributed by atoms with van der Waals surface area (Å²) in [6.45, 7) is 3.41. The van der Waals surface area contributed by atoms with Gasteiger partial charge in [-0.2, -0.15) is 24.2 Å². The number of aromatic nitrogens is 3. The minimum absolute atomic E-state index is 0.0199. The Morgan fingerprint density at radius 1 is 1.12 bits per heavy atom. The second-order valence-corrected chi connectivity index (χ2v) is 6.46. The van der Waals surface area contributed by atoms with E-state index >= 15 is 0 Å². The van der Waals surface area contributed by atoms with E-state index in [0.29, 0.717) is 27.2 Å². The Balaban J connectivity index is 1.98. The number of hydrogen-bond acceptors (Lipinski definition) is 12. The Bertz CT molecular complexity index is 1230. The van der Waals surface area contributed by atoms with Crippen LogP contribution in [0.4, 0.5) is 10.1 Å². The Kier molecular flexibility index (Phi) is 4.92. The van der Waals surface area contributed by atoms with Gasteiger partial charge in [0.2, 0.25) is 16.0 Å². The highest BCUT2D eigenvalue weighted by Gasteiger charge is 2.09. The number of anilines is 2. The van der Waals surface area contributed by atoms with Gasteiger partial charge < -0.3 is 0 Å². The van der Waals surface area contributed by atoms with Crippen molar-refractivity contribution < 1.29 is 0 Å². The molecule has 0 aliphatic heterocycles. The largest absolute Gasteiger partial charge is 0.287 e. The summed E-state index contributed by atoms with van der Waals surface area (Å²) < 4.78 is 8.01. The molecule has 0 saturated heterocycles. The van der Waals surface area contributed by atoms with Crippen molar-refractivity contribution in [2.45, 2.75) is 13.8 Å². The molecule has 0 aliphatic rings. The van der Waals surface area contributed by atoms with Gasteiger partial charge in [-0.1, -0.05) is 0 Å². The molecule has 3 rings (SSSR count). The van der Waals surface area contributed by atoms with Crippen LogP contribution in [0.1, 0.15) is 17.1 Å². The number of rotatable bonds is 4. The van der Waals surface area contributed by atoms with Crippen LogP contribution in [-0.2, 0) is 0 Å². The molecule has 0 spiro atoms. The third-order valence-corrected chi connectivity index (χ3v) is 4.67. The van der Waals surface area contributed by atoms with Gasteiger partial charge in [0, 0.05) is 11.5 Å². The van der Waals surface area contributed by atoms with Gasteiger partial charge in [-0.15, -0.1) is 0 Å². The quantitative estimate of drug-likeness (QED) is 0.593. The van der Waals surface area contributed by atoms with Gasteiger partial charge in [-0.05, 0) is 37.5 Å². The summed E-state index contributed by atoms with van der Waals surface area (Å²) in [6.07, 6.45) is 0. The topological polar surface area (TPSA) is 145 Å². The summed E-state index contributed by atoms with van der Waals surface area (Å²) in [5.74, 6) is 0.554. The van der Waals surface area contributed by atoms with E-state index in [-0.39, 0.29) is 10.7 Å². The van der Waals surface area contributed by atoms with E-state index in [4.69, 9.17) is 5.26 Å². The molecule has 1 aromatic carbocycles. The number of nitrogens with one attached hydrogen (secondary N) is 2. The van der Waals surface area contributed by atoms with Gasteiger partial charge in [0.15, 0.2) is 5.36 Å². The van der Waals surface area contributed by atoms with Gasteiger partial charge >= 0.3 is 0 Å². The van der Waals surface area contributed by atoms with Crippen molar-refractivity contribution in [3.63, 3.8) is 0 Å². The fourth-order valence-electron chi connectivity index (χ4n) is 1.87. The van der Waals surface area contributed by atoms with Crippen molar-refractivity contribution in [3.8, 4) is 6.07 Å². The third kappa shape index (κ3) is 3.53. The first-order valence-electron chi connectivity index (χ1n) is 7.10. The van der Waals surface area contributed by atoms with Crippen LogP contribution < -0.4 is 32.4 Å². The molecule has 0 unspecified atom stereocenters. The van der Waals surface area contributed by atoms with E-state index < -0.39 is 10.9 Å². The van der Waals surface area contributed by atoms with E-state index in [1.165, 1.54) is 12.1 Å². The number of aryl methyl sites for hydroxylation is 2. The van der Waals surface area contributed by atoms with Crippen LogP contribution in [0.5, 0.6) is 0 Å². The second kappa shape index (κ2) is 7.30. The molecule has 0 aliphatic carbocycles. The maximum Gasteiger partial charge on any atom is 0.237 e. The molecular formula is C14H10N8O2S2. The van der Waals surface area contributed by atoms with Crippen molar-refractivity contribution in [3.05, 3.63) is 60.4 Å². The lowest BCUT2D eigenvalue weighted by Gasteiger charge is -1.95. The molecule has 0 amide bonds. The van der Waals surface area contributed by atoms with Gasteiger partial charge in [0.1, 0.15) is 27.8 Å². The first-order valence-corrected chi connectivity index (χ1v) is 8.65. The zero-order chi connectivity index (χ0) is 18.7. The van der Waals surface area contributed by atoms with E-state index in [1.807, 2.05) is 6.07 Å². The van der Waals surface area contributed by atoms with Crippen LogP contribution in [0, 0.1) is 25.2 Å². The first kappa shape index (κ1) is 17.5. The Morgan fingerprint density at radius 2 is 1.92 bits per heavy atom. The minimum atomic E-state index is -0.654. The lowest BCUT2D eigenvalue weighted by molar-refractivity contribution is 1.09.